The minimum absolute atomic E-state index is 0.0934. The number of nitrogens with zero attached hydrogens (tertiary/aromatic N) is 11. The second-order valence-corrected chi connectivity index (χ2v) is 36.3. The number of benzene rings is 6. The molecule has 31 heteroatoms. The molecule has 4 fully saturated rings. The van der Waals surface area contributed by atoms with Gasteiger partial charge in [-0.2, -0.15) is 15.3 Å². The molecule has 23 nitrogen and oxygen atoms in total. The Labute approximate surface area is 742 Å². The number of hydrogen-bond donors (Lipinski definition) is 4. The van der Waals surface area contributed by atoms with Gasteiger partial charge in [0.25, 0.3) is 17.7 Å². The quantitative estimate of drug-likeness (QED) is 0.0791. The number of nitrogens with one attached hydrogen (secondary N) is 4. The predicted octanol–water partition coefficient (Wildman–Crippen LogP) is 19.7. The zero-order valence-corrected chi connectivity index (χ0v) is 73.6. The van der Waals surface area contributed by atoms with Gasteiger partial charge in [-0.3, -0.25) is 40.0 Å². The molecular formula is C92H93Cl6F2N15O8. The molecule has 4 N–H and O–H groups in total. The van der Waals surface area contributed by atoms with Crippen LogP contribution in [0.2, 0.25) is 30.1 Å². The first-order valence-electron chi connectivity index (χ1n) is 40.8. The Kier molecular flexibility index (Phi) is 26.4. The van der Waals surface area contributed by atoms with Crippen molar-refractivity contribution in [3.63, 3.8) is 0 Å². The minimum Gasteiger partial charge on any atom is -0.497 e. The molecule has 5 amide bonds. The summed E-state index contributed by atoms with van der Waals surface area (Å²) in [5.41, 5.74) is 16.7. The van der Waals surface area contributed by atoms with E-state index in [4.69, 9.17) is 99.1 Å². The average molecular weight is 1790 g/mol. The Balaban J connectivity index is 0.000000144. The average Bonchev–Trinajstić information content (AvgIpc) is 1.66. The first kappa shape index (κ1) is 87.5. The fraction of sp³-hybridized carbons (Fsp3) is 0.337. The lowest BCUT2D eigenvalue weighted by molar-refractivity contribution is 0.0244. The highest BCUT2D eigenvalue weighted by Gasteiger charge is 2.43. The summed E-state index contributed by atoms with van der Waals surface area (Å²) >= 11 is 38.5. The van der Waals surface area contributed by atoms with Crippen LogP contribution >= 0.6 is 69.6 Å². The van der Waals surface area contributed by atoms with Crippen LogP contribution in [0.4, 0.5) is 18.4 Å². The second-order valence-electron chi connectivity index (χ2n) is 33.8. The van der Waals surface area contributed by atoms with Gasteiger partial charge in [-0.25, -0.2) is 42.4 Å². The number of carbonyl (C=O) groups is 5. The fourth-order valence-corrected chi connectivity index (χ4v) is 18.5. The van der Waals surface area contributed by atoms with Gasteiger partial charge < -0.3 is 24.8 Å². The van der Waals surface area contributed by atoms with Gasteiger partial charge in [-0.1, -0.05) is 125 Å². The van der Waals surface area contributed by atoms with E-state index in [0.717, 1.165) is 65.3 Å². The Bertz CT molecular complexity index is 5750. The number of fused-ring (bicyclic) bond motifs is 5. The summed E-state index contributed by atoms with van der Waals surface area (Å²) in [5.74, 6) is 1.58. The van der Waals surface area contributed by atoms with E-state index in [1.54, 1.807) is 137 Å². The lowest BCUT2D eigenvalue weighted by Gasteiger charge is -2.32. The van der Waals surface area contributed by atoms with Gasteiger partial charge in [-0.05, 0) is 253 Å². The number of carbonyl (C=O) groups excluding carboxylic acids is 5. The summed E-state index contributed by atoms with van der Waals surface area (Å²) in [6.07, 6.45) is 13.8. The van der Waals surface area contributed by atoms with Crippen molar-refractivity contribution >= 4 is 134 Å². The molecule has 123 heavy (non-hydrogen) atoms. The molecule has 0 spiro atoms. The van der Waals surface area contributed by atoms with Crippen LogP contribution in [0.25, 0.3) is 52.0 Å². The zero-order valence-electron chi connectivity index (χ0n) is 69.1. The van der Waals surface area contributed by atoms with Crippen molar-refractivity contribution in [2.24, 2.45) is 23.7 Å². The van der Waals surface area contributed by atoms with Crippen molar-refractivity contribution in [3.8, 4) is 22.8 Å². The zero-order chi connectivity index (χ0) is 86.9. The lowest BCUT2D eigenvalue weighted by atomic mass is 9.97. The Morgan fingerprint density at radius 2 is 0.862 bits per heavy atom. The maximum absolute atomic E-state index is 13.9. The van der Waals surface area contributed by atoms with E-state index in [2.05, 4.69) is 26.5 Å². The van der Waals surface area contributed by atoms with Crippen molar-refractivity contribution in [1.29, 1.82) is 0 Å². The van der Waals surface area contributed by atoms with Gasteiger partial charge in [0.05, 0.1) is 94.2 Å². The van der Waals surface area contributed by atoms with Crippen LogP contribution in [0.15, 0.2) is 152 Å². The normalized spacial score (nSPS) is 19.2. The van der Waals surface area contributed by atoms with Gasteiger partial charge in [0.1, 0.15) is 28.6 Å². The number of aromatic nitrogens is 7. The van der Waals surface area contributed by atoms with Crippen LogP contribution in [-0.2, 0) is 29.1 Å². The van der Waals surface area contributed by atoms with Crippen molar-refractivity contribution in [1.82, 2.24) is 75.6 Å². The highest BCUT2D eigenvalue weighted by Crippen LogP contribution is 2.43. The van der Waals surface area contributed by atoms with Crippen molar-refractivity contribution in [3.05, 3.63) is 267 Å². The van der Waals surface area contributed by atoms with Crippen molar-refractivity contribution in [2.75, 3.05) is 52.9 Å². The van der Waals surface area contributed by atoms with E-state index in [1.807, 2.05) is 98.4 Å². The SMILES string of the molecule is CC(C)(C)OC(=O)N1C/C(=C\c2ccc(F)cc2)c2c(c(C(=O)NN3CC4CCCC4C3)nn2-c2ccc(Cl)cc2Cl)C1.COc1ccc(/C=C2\CN(C(=O)OC(C)(C)C)Cc3c(C(=O)N[C@H](C)c4ccccn4)nn(-c4ccc(Cl)cc4Cl)c32)cc1.O=C(NN1CC2CCCC2C1)c1nn(-c2ccc(Cl)cc2Cl)c2c1CNC/C2=C\c1ccc(F)cc1. The van der Waals surface area contributed by atoms with Crippen LogP contribution < -0.4 is 26.2 Å². The molecule has 0 radical (unpaired) electrons. The first-order valence-corrected chi connectivity index (χ1v) is 43.1. The number of amides is 5. The van der Waals surface area contributed by atoms with Gasteiger partial charge in [0.15, 0.2) is 17.1 Å². The molecule has 4 aromatic heterocycles. The number of hydrazine groups is 2. The van der Waals surface area contributed by atoms with Crippen molar-refractivity contribution in [2.45, 2.75) is 124 Å². The molecule has 2 saturated heterocycles. The van der Waals surface area contributed by atoms with Crippen LogP contribution in [0.1, 0.15) is 181 Å². The molecule has 2 aliphatic carbocycles. The Hall–Kier alpha value is -10.5. The van der Waals surface area contributed by atoms with Crippen LogP contribution in [0.3, 0.4) is 0 Å². The summed E-state index contributed by atoms with van der Waals surface area (Å²) in [7, 11) is 1.61. The third kappa shape index (κ3) is 20.3. The Morgan fingerprint density at radius 1 is 0.480 bits per heavy atom. The summed E-state index contributed by atoms with van der Waals surface area (Å²) in [6, 6.07) is 40.4. The summed E-state index contributed by atoms with van der Waals surface area (Å²) in [4.78, 5) is 75.6. The molecule has 4 unspecified atom stereocenters. The van der Waals surface area contributed by atoms with E-state index in [0.29, 0.717) is 129 Å². The monoisotopic (exact) mass is 1780 g/mol. The summed E-state index contributed by atoms with van der Waals surface area (Å²) in [6.45, 7) is 17.7. The molecule has 9 heterocycles. The largest absolute Gasteiger partial charge is 0.497 e. The molecular weight excluding hydrogens is 1690 g/mol. The highest BCUT2D eigenvalue weighted by atomic mass is 35.5. The van der Waals surface area contributed by atoms with Crippen LogP contribution in [0.5, 0.6) is 5.75 Å². The number of halogens is 8. The maximum Gasteiger partial charge on any atom is 0.410 e. The van der Waals surface area contributed by atoms with Gasteiger partial charge in [-0.15, -0.1) is 0 Å². The molecule has 6 aromatic carbocycles. The number of hydrogen-bond acceptors (Lipinski definition) is 15. The van der Waals surface area contributed by atoms with E-state index in [9.17, 15) is 32.8 Å². The molecule has 2 saturated carbocycles. The summed E-state index contributed by atoms with van der Waals surface area (Å²) in [5, 5.41) is 27.4. The minimum atomic E-state index is -0.715. The Morgan fingerprint density at radius 3 is 1.24 bits per heavy atom. The summed E-state index contributed by atoms with van der Waals surface area (Å²) < 4.78 is 49.0. The second kappa shape index (κ2) is 37.2. The van der Waals surface area contributed by atoms with Gasteiger partial charge >= 0.3 is 12.2 Å². The maximum atomic E-state index is 13.9. The first-order chi connectivity index (χ1) is 58.8. The molecule has 10 aromatic rings. The van der Waals surface area contributed by atoms with Gasteiger partial charge in [0.2, 0.25) is 0 Å². The van der Waals surface area contributed by atoms with Crippen molar-refractivity contribution < 1.29 is 47.0 Å². The standard InChI is InChI=1S/C33H33Cl2N5O4.C32H34Cl2FN5O3.C27H26Cl2FN5O/c1-20(27-8-6-7-15-36-27)37-31(41)29-25-19-39(32(42)44-33(2,3)4)18-22(16-21-9-12-24(43-5)13-10-21)30(25)40(38-29)28-14-11-23(34)17-26(28)35;1-32(2,3)43-31(42)38-15-22(13-19-7-10-24(35)11-8-19)29-25(18-38)28(36-40(29)27-12-9-23(33)14-26(27)34)30(41)37-39-16-20-5-4-6-21(20)17-39;28-20-6-9-24(23(29)11-20)35-26-19(10-16-4-7-21(30)8-5-16)12-31-13-22(26)25(32-35)27(36)33-34-14-17-2-1-3-18(17)15-34/h6-17,20H,18-19H2,1-5H3,(H,37,41);7-14,20-21H,4-6,15-18H2,1-3H3,(H,37,41);4-11,17-18,31H,1-3,12-15H2,(H,33,36)/b22-16+;22-13+;19-10+/t20-;;/m1../s1. The van der Waals surface area contributed by atoms with Gasteiger partial charge in [0, 0.05) is 77.2 Å². The molecule has 0 bridgehead atoms. The van der Waals surface area contributed by atoms with E-state index in [1.165, 1.54) is 62.8 Å². The molecule has 5 atom stereocenters. The smallest absolute Gasteiger partial charge is 0.410 e. The van der Waals surface area contributed by atoms with E-state index in [-0.39, 0.29) is 61.0 Å². The topological polar surface area (TPSA) is 240 Å². The van der Waals surface area contributed by atoms with Crippen LogP contribution in [-0.4, -0.2) is 148 Å². The number of methoxy groups -OCH3 is 1. The lowest BCUT2D eigenvalue weighted by Crippen LogP contribution is -2.43. The number of ether oxygens (including phenoxy) is 3. The van der Waals surface area contributed by atoms with Crippen LogP contribution in [0, 0.1) is 35.3 Å². The highest BCUT2D eigenvalue weighted by molar-refractivity contribution is 6.37. The third-order valence-electron chi connectivity index (χ3n) is 22.6. The predicted molar refractivity (Wildman–Crippen MR) is 475 cm³/mol. The number of rotatable bonds is 14. The molecule has 17 rings (SSSR count). The molecule has 640 valence electrons. The van der Waals surface area contributed by atoms with E-state index < -0.39 is 35.3 Å². The van der Waals surface area contributed by atoms with E-state index >= 15 is 0 Å². The number of pyridine rings is 1. The third-order valence-corrected chi connectivity index (χ3v) is 24.2. The fourth-order valence-electron chi connectivity index (χ4n) is 17.0. The molecule has 7 aliphatic rings. The molecule has 5 aliphatic heterocycles.